The van der Waals surface area contributed by atoms with Crippen molar-refractivity contribution in [1.82, 2.24) is 5.43 Å². The predicted octanol–water partition coefficient (Wildman–Crippen LogP) is 5.43. The first-order valence-electron chi connectivity index (χ1n) is 9.60. The zero-order valence-electron chi connectivity index (χ0n) is 16.7. The van der Waals surface area contributed by atoms with Gasteiger partial charge in [-0.15, -0.1) is 11.3 Å². The lowest BCUT2D eigenvalue weighted by molar-refractivity contribution is 0.0959. The number of carbonyl (C=O) groups excluding carboxylic acids is 1. The maximum Gasteiger partial charge on any atom is 0.283 e. The third kappa shape index (κ3) is 4.54. The molecule has 0 bridgehead atoms. The number of rotatable bonds is 7. The van der Waals surface area contributed by atoms with E-state index >= 15 is 0 Å². The maximum absolute atomic E-state index is 12.5. The minimum absolute atomic E-state index is 0.111. The van der Waals surface area contributed by atoms with Crippen molar-refractivity contribution in [2.45, 2.75) is 27.2 Å². The van der Waals surface area contributed by atoms with E-state index in [1.807, 2.05) is 18.2 Å². The van der Waals surface area contributed by atoms with Gasteiger partial charge in [0.05, 0.1) is 11.2 Å². The number of aromatic hydroxyl groups is 1. The number of phenolic OH excluding ortho intramolecular Hbond substituents is 1. The number of hydrazone groups is 1. The standard InChI is InChI=1S/C22H24ClN3O2S/c1-4-14-7-10-17-19(11-14)29-21(20(17)23)22(28)25-24-13-15-8-9-16(12-18(15)27)26(5-2)6-3/h7-13,27H,4-6H2,1-3H3,(H,25,28)/b24-13-. The molecule has 5 nitrogen and oxygen atoms in total. The third-order valence-electron chi connectivity index (χ3n) is 4.82. The van der Waals surface area contributed by atoms with Crippen LogP contribution < -0.4 is 10.3 Å². The van der Waals surface area contributed by atoms with Gasteiger partial charge < -0.3 is 10.0 Å². The van der Waals surface area contributed by atoms with Gasteiger partial charge in [-0.3, -0.25) is 4.79 Å². The molecule has 2 aromatic carbocycles. The summed E-state index contributed by atoms with van der Waals surface area (Å²) in [6, 6.07) is 11.4. The molecule has 1 heterocycles. The first-order chi connectivity index (χ1) is 14.0. The van der Waals surface area contributed by atoms with E-state index in [1.165, 1.54) is 23.1 Å². The van der Waals surface area contributed by atoms with E-state index in [4.69, 9.17) is 11.6 Å². The number of halogens is 1. The summed E-state index contributed by atoms with van der Waals surface area (Å²) in [5.41, 5.74) is 5.16. The zero-order valence-corrected chi connectivity index (χ0v) is 18.3. The molecule has 3 aromatic rings. The number of phenols is 1. The quantitative estimate of drug-likeness (QED) is 0.388. The zero-order chi connectivity index (χ0) is 21.0. The predicted molar refractivity (Wildman–Crippen MR) is 123 cm³/mol. The first kappa shape index (κ1) is 21.1. The molecule has 0 fully saturated rings. The number of amides is 1. The minimum Gasteiger partial charge on any atom is -0.507 e. The number of aryl methyl sites for hydroxylation is 1. The number of anilines is 1. The van der Waals surface area contributed by atoms with E-state index in [2.05, 4.69) is 42.3 Å². The number of benzene rings is 2. The lowest BCUT2D eigenvalue weighted by atomic mass is 10.1. The molecule has 0 saturated heterocycles. The van der Waals surface area contributed by atoms with Gasteiger partial charge in [-0.05, 0) is 44.0 Å². The Bertz CT molecular complexity index is 1060. The summed E-state index contributed by atoms with van der Waals surface area (Å²) in [6.07, 6.45) is 2.35. The lowest BCUT2D eigenvalue weighted by Crippen LogP contribution is -2.21. The highest BCUT2D eigenvalue weighted by Gasteiger charge is 2.17. The second-order valence-corrected chi connectivity index (χ2v) is 7.97. The Morgan fingerprint density at radius 3 is 2.62 bits per heavy atom. The Morgan fingerprint density at radius 2 is 1.97 bits per heavy atom. The molecule has 0 aliphatic carbocycles. The summed E-state index contributed by atoms with van der Waals surface area (Å²) in [5, 5.41) is 15.5. The van der Waals surface area contributed by atoms with Gasteiger partial charge in [0.1, 0.15) is 10.6 Å². The topological polar surface area (TPSA) is 64.9 Å². The van der Waals surface area contributed by atoms with E-state index in [9.17, 15) is 9.90 Å². The summed E-state index contributed by atoms with van der Waals surface area (Å²) < 4.78 is 0.980. The molecule has 1 amide bonds. The molecule has 1 aromatic heterocycles. The summed E-state index contributed by atoms with van der Waals surface area (Å²) >= 11 is 7.74. The number of nitrogens with zero attached hydrogens (tertiary/aromatic N) is 2. The van der Waals surface area contributed by atoms with Crippen molar-refractivity contribution < 1.29 is 9.90 Å². The van der Waals surface area contributed by atoms with Gasteiger partial charge in [0, 0.05) is 40.5 Å². The fraction of sp³-hybridized carbons (Fsp3) is 0.273. The van der Waals surface area contributed by atoms with Crippen molar-refractivity contribution in [3.05, 3.63) is 57.4 Å². The smallest absolute Gasteiger partial charge is 0.283 e. The summed E-state index contributed by atoms with van der Waals surface area (Å²) in [7, 11) is 0. The molecule has 0 aliphatic rings. The van der Waals surface area contributed by atoms with Crippen molar-refractivity contribution in [2.75, 3.05) is 18.0 Å². The molecule has 0 aliphatic heterocycles. The monoisotopic (exact) mass is 429 g/mol. The van der Waals surface area contributed by atoms with Crippen molar-refractivity contribution in [3.63, 3.8) is 0 Å². The van der Waals surface area contributed by atoms with E-state index in [0.717, 1.165) is 35.3 Å². The molecule has 0 unspecified atom stereocenters. The van der Waals surface area contributed by atoms with Gasteiger partial charge in [0.15, 0.2) is 0 Å². The summed E-state index contributed by atoms with van der Waals surface area (Å²) in [5.74, 6) is -0.260. The van der Waals surface area contributed by atoms with Gasteiger partial charge in [-0.1, -0.05) is 30.7 Å². The normalized spacial score (nSPS) is 11.3. The average Bonchev–Trinajstić information content (AvgIpc) is 3.06. The lowest BCUT2D eigenvalue weighted by Gasteiger charge is -2.21. The van der Waals surface area contributed by atoms with Crippen molar-refractivity contribution in [3.8, 4) is 5.75 Å². The largest absolute Gasteiger partial charge is 0.507 e. The van der Waals surface area contributed by atoms with Crippen LogP contribution in [-0.2, 0) is 6.42 Å². The Labute approximate surface area is 179 Å². The molecular weight excluding hydrogens is 406 g/mol. The molecule has 0 radical (unpaired) electrons. The Balaban J connectivity index is 1.74. The van der Waals surface area contributed by atoms with E-state index in [1.54, 1.807) is 12.1 Å². The van der Waals surface area contributed by atoms with Crippen LogP contribution in [0, 0.1) is 0 Å². The average molecular weight is 430 g/mol. The first-order valence-corrected chi connectivity index (χ1v) is 10.8. The highest BCUT2D eigenvalue weighted by atomic mass is 35.5. The number of nitrogens with one attached hydrogen (secondary N) is 1. The van der Waals surface area contributed by atoms with Gasteiger partial charge in [0.2, 0.25) is 0 Å². The fourth-order valence-corrected chi connectivity index (χ4v) is 4.58. The Morgan fingerprint density at radius 1 is 1.21 bits per heavy atom. The van der Waals surface area contributed by atoms with Crippen LogP contribution in [0.15, 0.2) is 41.5 Å². The van der Waals surface area contributed by atoms with Crippen molar-refractivity contribution >= 4 is 50.8 Å². The molecule has 0 saturated carbocycles. The number of thiophene rings is 1. The Hall–Kier alpha value is -2.57. The highest BCUT2D eigenvalue weighted by molar-refractivity contribution is 7.21. The SMILES string of the molecule is CCc1ccc2c(Cl)c(C(=O)N/N=C\c3ccc(N(CC)CC)cc3O)sc2c1. The van der Waals surface area contributed by atoms with Gasteiger partial charge in [0.25, 0.3) is 5.91 Å². The van der Waals surface area contributed by atoms with Crippen LogP contribution >= 0.6 is 22.9 Å². The molecule has 0 spiro atoms. The van der Waals surface area contributed by atoms with Crippen LogP contribution in [0.1, 0.15) is 41.6 Å². The molecule has 3 rings (SSSR count). The molecular formula is C22H24ClN3O2S. The molecule has 7 heteroatoms. The third-order valence-corrected chi connectivity index (χ3v) is 6.48. The number of fused-ring (bicyclic) bond motifs is 1. The van der Waals surface area contributed by atoms with Crippen LogP contribution in [-0.4, -0.2) is 30.3 Å². The number of carbonyl (C=O) groups is 1. The van der Waals surface area contributed by atoms with E-state index < -0.39 is 0 Å². The second-order valence-electron chi connectivity index (χ2n) is 6.54. The van der Waals surface area contributed by atoms with Gasteiger partial charge >= 0.3 is 0 Å². The van der Waals surface area contributed by atoms with Crippen molar-refractivity contribution in [1.29, 1.82) is 0 Å². The van der Waals surface area contributed by atoms with Crippen LogP contribution in [0.5, 0.6) is 5.75 Å². The van der Waals surface area contributed by atoms with Crippen LogP contribution in [0.25, 0.3) is 10.1 Å². The van der Waals surface area contributed by atoms with Crippen LogP contribution in [0.4, 0.5) is 5.69 Å². The molecule has 29 heavy (non-hydrogen) atoms. The van der Waals surface area contributed by atoms with Crippen LogP contribution in [0.2, 0.25) is 5.02 Å². The fourth-order valence-electron chi connectivity index (χ4n) is 3.11. The highest BCUT2D eigenvalue weighted by Crippen LogP contribution is 2.36. The van der Waals surface area contributed by atoms with E-state index in [-0.39, 0.29) is 11.7 Å². The molecule has 0 atom stereocenters. The second kappa shape index (κ2) is 9.29. The van der Waals surface area contributed by atoms with E-state index in [0.29, 0.717) is 15.5 Å². The van der Waals surface area contributed by atoms with Crippen molar-refractivity contribution in [2.24, 2.45) is 5.10 Å². The van der Waals surface area contributed by atoms with Crippen LogP contribution in [0.3, 0.4) is 0 Å². The molecule has 152 valence electrons. The molecule has 2 N–H and O–H groups in total. The maximum atomic E-state index is 12.5. The minimum atomic E-state index is -0.371. The Kier molecular flexibility index (Phi) is 6.77. The summed E-state index contributed by atoms with van der Waals surface area (Å²) in [6.45, 7) is 7.92. The number of hydrogen-bond acceptors (Lipinski definition) is 5. The van der Waals surface area contributed by atoms with Gasteiger partial charge in [-0.25, -0.2) is 5.43 Å². The van der Waals surface area contributed by atoms with Gasteiger partial charge in [-0.2, -0.15) is 5.10 Å². The number of hydrogen-bond donors (Lipinski definition) is 2. The summed E-state index contributed by atoms with van der Waals surface area (Å²) in [4.78, 5) is 15.1.